The van der Waals surface area contributed by atoms with Gasteiger partial charge in [0.05, 0.1) is 6.20 Å². The molecule has 1 heterocycles. The molecule has 5 heteroatoms. The molecule has 1 atom stereocenters. The summed E-state index contributed by atoms with van der Waals surface area (Å²) in [6.45, 7) is 0. The average Bonchev–Trinajstić information content (AvgIpc) is 2.69. The van der Waals surface area contributed by atoms with E-state index in [0.29, 0.717) is 18.4 Å². The van der Waals surface area contributed by atoms with Gasteiger partial charge in [-0.05, 0) is 36.1 Å². The van der Waals surface area contributed by atoms with Crippen LogP contribution in [-0.2, 0) is 19.9 Å². The van der Waals surface area contributed by atoms with Crippen molar-refractivity contribution in [3.8, 4) is 0 Å². The highest BCUT2D eigenvalue weighted by molar-refractivity contribution is 5.19. The maximum Gasteiger partial charge on any atom is 0.159 e. The van der Waals surface area contributed by atoms with Crippen LogP contribution in [0.15, 0.2) is 30.6 Å². The number of benzene rings is 1. The Balaban J connectivity index is 1.98. The Kier molecular flexibility index (Phi) is 3.72. The third-order valence-corrected chi connectivity index (χ3v) is 2.74. The first-order valence-electron chi connectivity index (χ1n) is 5.71. The number of hydrogen-bond donors (Lipinski definition) is 1. The molecule has 1 unspecified atom stereocenters. The molecule has 0 radical (unpaired) electrons. The molecule has 0 amide bonds. The fourth-order valence-electron chi connectivity index (χ4n) is 1.92. The first-order valence-corrected chi connectivity index (χ1v) is 5.71. The molecule has 1 aromatic heterocycles. The van der Waals surface area contributed by atoms with E-state index < -0.39 is 11.6 Å². The van der Waals surface area contributed by atoms with Crippen LogP contribution in [0, 0.1) is 11.6 Å². The second kappa shape index (κ2) is 5.27. The molecule has 0 aliphatic heterocycles. The minimum absolute atomic E-state index is 0.140. The minimum atomic E-state index is -0.834. The van der Waals surface area contributed by atoms with Gasteiger partial charge in [-0.2, -0.15) is 5.10 Å². The minimum Gasteiger partial charge on any atom is -0.327 e. The Bertz CT molecular complexity index is 537. The lowest BCUT2D eigenvalue weighted by Crippen LogP contribution is -2.25. The van der Waals surface area contributed by atoms with Gasteiger partial charge >= 0.3 is 0 Å². The van der Waals surface area contributed by atoms with Crippen molar-refractivity contribution in [2.24, 2.45) is 12.8 Å². The number of halogens is 2. The van der Waals surface area contributed by atoms with Crippen LogP contribution >= 0.6 is 0 Å². The number of aromatic nitrogens is 2. The predicted octanol–water partition coefficient (Wildman–Crippen LogP) is 1.81. The Morgan fingerprint density at radius 2 is 1.94 bits per heavy atom. The highest BCUT2D eigenvalue weighted by Gasteiger charge is 2.09. The smallest absolute Gasteiger partial charge is 0.159 e. The topological polar surface area (TPSA) is 43.8 Å². The van der Waals surface area contributed by atoms with Crippen molar-refractivity contribution in [3.63, 3.8) is 0 Å². The molecule has 2 rings (SSSR count). The van der Waals surface area contributed by atoms with Gasteiger partial charge in [0.15, 0.2) is 11.6 Å². The van der Waals surface area contributed by atoms with Gasteiger partial charge in [0.2, 0.25) is 0 Å². The SMILES string of the molecule is Cn1cc(CC(N)Cc2ccc(F)c(F)c2)cn1. The lowest BCUT2D eigenvalue weighted by molar-refractivity contribution is 0.506. The molecule has 0 aliphatic rings. The van der Waals surface area contributed by atoms with E-state index in [1.165, 1.54) is 6.07 Å². The van der Waals surface area contributed by atoms with E-state index in [1.54, 1.807) is 16.9 Å². The van der Waals surface area contributed by atoms with Crippen LogP contribution in [-0.4, -0.2) is 15.8 Å². The summed E-state index contributed by atoms with van der Waals surface area (Å²) in [5, 5.41) is 4.05. The van der Waals surface area contributed by atoms with Gasteiger partial charge in [0.25, 0.3) is 0 Å². The molecule has 2 N–H and O–H groups in total. The summed E-state index contributed by atoms with van der Waals surface area (Å²) in [5.41, 5.74) is 7.72. The van der Waals surface area contributed by atoms with Crippen molar-refractivity contribution in [1.82, 2.24) is 9.78 Å². The van der Waals surface area contributed by atoms with E-state index in [4.69, 9.17) is 5.73 Å². The highest BCUT2D eigenvalue weighted by atomic mass is 19.2. The summed E-state index contributed by atoms with van der Waals surface area (Å²) in [6.07, 6.45) is 4.81. The van der Waals surface area contributed by atoms with Gasteiger partial charge in [-0.25, -0.2) is 8.78 Å². The number of hydrogen-bond acceptors (Lipinski definition) is 2. The van der Waals surface area contributed by atoms with Crippen molar-refractivity contribution in [2.75, 3.05) is 0 Å². The summed E-state index contributed by atoms with van der Waals surface area (Å²) in [7, 11) is 1.84. The van der Waals surface area contributed by atoms with E-state index in [-0.39, 0.29) is 6.04 Å². The van der Waals surface area contributed by atoms with E-state index >= 15 is 0 Å². The standard InChI is InChI=1S/C13H15F2N3/c1-18-8-10(7-17-18)5-11(16)4-9-2-3-12(14)13(15)6-9/h2-3,6-8,11H,4-5,16H2,1H3. The molecular weight excluding hydrogens is 236 g/mol. The first kappa shape index (κ1) is 12.7. The van der Waals surface area contributed by atoms with Gasteiger partial charge in [-0.3, -0.25) is 4.68 Å². The fourth-order valence-corrected chi connectivity index (χ4v) is 1.92. The Hall–Kier alpha value is -1.75. The molecule has 0 saturated heterocycles. The Labute approximate surface area is 104 Å². The van der Waals surface area contributed by atoms with Crippen molar-refractivity contribution >= 4 is 0 Å². The van der Waals surface area contributed by atoms with Gasteiger partial charge in [-0.1, -0.05) is 6.07 Å². The molecule has 2 aromatic rings. The molecule has 18 heavy (non-hydrogen) atoms. The van der Waals surface area contributed by atoms with E-state index in [1.807, 2.05) is 13.2 Å². The summed E-state index contributed by atoms with van der Waals surface area (Å²) in [6, 6.07) is 3.74. The van der Waals surface area contributed by atoms with Crippen molar-refractivity contribution in [1.29, 1.82) is 0 Å². The zero-order valence-corrected chi connectivity index (χ0v) is 10.1. The first-order chi connectivity index (χ1) is 8.54. The molecule has 96 valence electrons. The number of rotatable bonds is 4. The van der Waals surface area contributed by atoms with Crippen LogP contribution in [0.25, 0.3) is 0 Å². The van der Waals surface area contributed by atoms with Crippen molar-refractivity contribution in [3.05, 3.63) is 53.4 Å². The number of nitrogens with two attached hydrogens (primary N) is 1. The van der Waals surface area contributed by atoms with Crippen LogP contribution < -0.4 is 5.73 Å². The number of aryl methyl sites for hydroxylation is 1. The van der Waals surface area contributed by atoms with Gasteiger partial charge in [0, 0.05) is 19.3 Å². The second-order valence-corrected chi connectivity index (χ2v) is 4.44. The van der Waals surface area contributed by atoms with Gasteiger partial charge in [0.1, 0.15) is 0 Å². The molecule has 0 fully saturated rings. The molecule has 1 aromatic carbocycles. The third-order valence-electron chi connectivity index (χ3n) is 2.74. The maximum atomic E-state index is 13.0. The maximum absolute atomic E-state index is 13.0. The molecule has 0 aliphatic carbocycles. The van der Waals surface area contributed by atoms with E-state index in [9.17, 15) is 8.78 Å². The van der Waals surface area contributed by atoms with Crippen molar-refractivity contribution < 1.29 is 8.78 Å². The summed E-state index contributed by atoms with van der Waals surface area (Å²) >= 11 is 0. The largest absolute Gasteiger partial charge is 0.327 e. The predicted molar refractivity (Wildman–Crippen MR) is 64.9 cm³/mol. The lowest BCUT2D eigenvalue weighted by Gasteiger charge is -2.10. The zero-order chi connectivity index (χ0) is 13.1. The Morgan fingerprint density at radius 3 is 2.56 bits per heavy atom. The van der Waals surface area contributed by atoms with Crippen LogP contribution in [0.4, 0.5) is 8.78 Å². The van der Waals surface area contributed by atoms with Crippen molar-refractivity contribution in [2.45, 2.75) is 18.9 Å². The molecule has 0 saturated carbocycles. The van der Waals surface area contributed by atoms with E-state index in [0.717, 1.165) is 11.6 Å². The average molecular weight is 251 g/mol. The summed E-state index contributed by atoms with van der Waals surface area (Å²) < 4.78 is 27.5. The fraction of sp³-hybridized carbons (Fsp3) is 0.308. The van der Waals surface area contributed by atoms with Crippen LogP contribution in [0.2, 0.25) is 0 Å². The van der Waals surface area contributed by atoms with Crippen LogP contribution in [0.5, 0.6) is 0 Å². The van der Waals surface area contributed by atoms with Gasteiger partial charge < -0.3 is 5.73 Å². The normalized spacial score (nSPS) is 12.7. The quantitative estimate of drug-likeness (QED) is 0.900. The highest BCUT2D eigenvalue weighted by Crippen LogP contribution is 2.11. The molecule has 0 bridgehead atoms. The second-order valence-electron chi connectivity index (χ2n) is 4.44. The lowest BCUT2D eigenvalue weighted by atomic mass is 10.0. The Morgan fingerprint density at radius 1 is 1.22 bits per heavy atom. The van der Waals surface area contributed by atoms with Gasteiger partial charge in [-0.15, -0.1) is 0 Å². The van der Waals surface area contributed by atoms with Crippen LogP contribution in [0.3, 0.4) is 0 Å². The summed E-state index contributed by atoms with van der Waals surface area (Å²) in [5.74, 6) is -1.67. The molecule has 3 nitrogen and oxygen atoms in total. The monoisotopic (exact) mass is 251 g/mol. The molecular formula is C13H15F2N3. The summed E-state index contributed by atoms with van der Waals surface area (Å²) in [4.78, 5) is 0. The third kappa shape index (κ3) is 3.13. The number of nitrogens with zero attached hydrogens (tertiary/aromatic N) is 2. The van der Waals surface area contributed by atoms with E-state index in [2.05, 4.69) is 5.10 Å². The van der Waals surface area contributed by atoms with Crippen LogP contribution in [0.1, 0.15) is 11.1 Å². The molecule has 0 spiro atoms. The zero-order valence-electron chi connectivity index (χ0n) is 10.1.